The van der Waals surface area contributed by atoms with Crippen LogP contribution in [0, 0.1) is 0 Å². The Hall–Kier alpha value is -1.35. The Morgan fingerprint density at radius 3 is 2.65 bits per heavy atom. The van der Waals surface area contributed by atoms with Crippen LogP contribution in [-0.2, 0) is 14.8 Å². The Balaban J connectivity index is 2.49. The fraction of sp³-hybridized carbons (Fsp3) is 0.818. The van der Waals surface area contributed by atoms with Crippen molar-refractivity contribution in [1.29, 1.82) is 0 Å². The van der Waals surface area contributed by atoms with Gasteiger partial charge in [-0.05, 0) is 26.3 Å². The van der Waals surface area contributed by atoms with Crippen molar-refractivity contribution in [1.82, 2.24) is 14.9 Å². The number of hydrogen-bond donors (Lipinski definition) is 3. The van der Waals surface area contributed by atoms with Crippen LogP contribution < -0.4 is 10.0 Å². The van der Waals surface area contributed by atoms with E-state index in [-0.39, 0.29) is 24.8 Å². The van der Waals surface area contributed by atoms with Crippen LogP contribution in [0.4, 0.5) is 4.79 Å². The van der Waals surface area contributed by atoms with Crippen LogP contribution in [0.3, 0.4) is 0 Å². The number of carbonyl (C=O) groups is 2. The predicted molar refractivity (Wildman–Crippen MR) is 72.8 cm³/mol. The predicted octanol–water partition coefficient (Wildman–Crippen LogP) is -0.426. The van der Waals surface area contributed by atoms with Gasteiger partial charge in [-0.25, -0.2) is 17.9 Å². The molecule has 0 aromatic heterocycles. The van der Waals surface area contributed by atoms with Gasteiger partial charge < -0.3 is 15.3 Å². The van der Waals surface area contributed by atoms with Crippen molar-refractivity contribution in [3.05, 3.63) is 0 Å². The molecule has 8 nitrogen and oxygen atoms in total. The highest BCUT2D eigenvalue weighted by Crippen LogP contribution is 2.19. The molecular weight excluding hydrogens is 286 g/mol. The topological polar surface area (TPSA) is 116 Å². The molecule has 0 bridgehead atoms. The summed E-state index contributed by atoms with van der Waals surface area (Å²) in [6.45, 7) is 0.501. The van der Waals surface area contributed by atoms with Crippen LogP contribution in [0.15, 0.2) is 0 Å². The van der Waals surface area contributed by atoms with Gasteiger partial charge in [-0.15, -0.1) is 0 Å². The molecule has 1 aliphatic rings. The van der Waals surface area contributed by atoms with Crippen molar-refractivity contribution >= 4 is 22.0 Å². The molecule has 1 saturated heterocycles. The fourth-order valence-corrected chi connectivity index (χ4v) is 2.75. The van der Waals surface area contributed by atoms with E-state index in [4.69, 9.17) is 5.11 Å². The summed E-state index contributed by atoms with van der Waals surface area (Å²) in [5.74, 6) is -1.14. The second-order valence-corrected chi connectivity index (χ2v) is 6.74. The number of sulfonamides is 1. The molecule has 116 valence electrons. The monoisotopic (exact) mass is 307 g/mol. The van der Waals surface area contributed by atoms with Crippen LogP contribution in [0.1, 0.15) is 25.7 Å². The lowest BCUT2D eigenvalue weighted by Crippen LogP contribution is -2.50. The van der Waals surface area contributed by atoms with Gasteiger partial charge in [-0.2, -0.15) is 0 Å². The number of likely N-dealkylation sites (tertiary alicyclic amines) is 1. The normalized spacial score (nSPS) is 19.6. The van der Waals surface area contributed by atoms with Gasteiger partial charge >= 0.3 is 12.0 Å². The van der Waals surface area contributed by atoms with E-state index in [1.165, 1.54) is 11.9 Å². The van der Waals surface area contributed by atoms with Crippen LogP contribution in [0.2, 0.25) is 0 Å². The molecule has 1 heterocycles. The number of nitrogens with zero attached hydrogens (tertiary/aromatic N) is 1. The van der Waals surface area contributed by atoms with Crippen LogP contribution in [0.25, 0.3) is 0 Å². The van der Waals surface area contributed by atoms with Gasteiger partial charge in [0.2, 0.25) is 10.0 Å². The maximum absolute atomic E-state index is 12.0. The summed E-state index contributed by atoms with van der Waals surface area (Å²) in [5.41, 5.74) is 0. The van der Waals surface area contributed by atoms with Gasteiger partial charge in [-0.1, -0.05) is 0 Å². The maximum Gasteiger partial charge on any atom is 0.317 e. The number of aliphatic carboxylic acids is 1. The lowest BCUT2D eigenvalue weighted by molar-refractivity contribution is -0.138. The first kappa shape index (κ1) is 16.7. The number of carboxylic acids is 1. The number of nitrogens with one attached hydrogen (secondary N) is 2. The third-order valence-corrected chi connectivity index (χ3v) is 4.62. The highest BCUT2D eigenvalue weighted by Gasteiger charge is 2.28. The summed E-state index contributed by atoms with van der Waals surface area (Å²) in [4.78, 5) is 24.2. The number of carbonyl (C=O) groups excluding carboxylic acids is 1. The van der Waals surface area contributed by atoms with E-state index in [2.05, 4.69) is 10.0 Å². The van der Waals surface area contributed by atoms with Crippen molar-refractivity contribution < 1.29 is 23.1 Å². The summed E-state index contributed by atoms with van der Waals surface area (Å²) in [6.07, 6.45) is 2.31. The third-order valence-electron chi connectivity index (χ3n) is 3.26. The SMILES string of the molecule is CNS(=O)(=O)CCNC(=O)N1CCCCC1CC(=O)O. The first-order chi connectivity index (χ1) is 9.35. The van der Waals surface area contributed by atoms with Gasteiger partial charge in [0, 0.05) is 19.1 Å². The van der Waals surface area contributed by atoms with E-state index in [1.807, 2.05) is 0 Å². The average Bonchev–Trinajstić information content (AvgIpc) is 2.38. The summed E-state index contributed by atoms with van der Waals surface area (Å²) < 4.78 is 24.6. The lowest BCUT2D eigenvalue weighted by Gasteiger charge is -2.34. The fourth-order valence-electron chi connectivity index (χ4n) is 2.18. The summed E-state index contributed by atoms with van der Waals surface area (Å²) >= 11 is 0. The molecule has 2 amide bonds. The molecule has 0 aliphatic carbocycles. The van der Waals surface area contributed by atoms with Crippen LogP contribution in [-0.4, -0.2) is 62.4 Å². The van der Waals surface area contributed by atoms with Crippen molar-refractivity contribution in [3.63, 3.8) is 0 Å². The highest BCUT2D eigenvalue weighted by atomic mass is 32.2. The van der Waals surface area contributed by atoms with Gasteiger partial charge in [0.25, 0.3) is 0 Å². The Bertz CT molecular complexity index is 451. The minimum atomic E-state index is -3.36. The largest absolute Gasteiger partial charge is 0.481 e. The van der Waals surface area contributed by atoms with E-state index in [0.29, 0.717) is 13.0 Å². The van der Waals surface area contributed by atoms with E-state index in [0.717, 1.165) is 12.8 Å². The van der Waals surface area contributed by atoms with Crippen molar-refractivity contribution in [3.8, 4) is 0 Å². The lowest BCUT2D eigenvalue weighted by atomic mass is 10.00. The van der Waals surface area contributed by atoms with E-state index in [9.17, 15) is 18.0 Å². The Morgan fingerprint density at radius 2 is 2.05 bits per heavy atom. The number of amides is 2. The van der Waals surface area contributed by atoms with E-state index < -0.39 is 22.0 Å². The number of urea groups is 1. The average molecular weight is 307 g/mol. The molecule has 20 heavy (non-hydrogen) atoms. The molecule has 0 aromatic carbocycles. The molecule has 9 heteroatoms. The van der Waals surface area contributed by atoms with E-state index in [1.54, 1.807) is 0 Å². The maximum atomic E-state index is 12.0. The van der Waals surface area contributed by atoms with Crippen molar-refractivity contribution in [2.45, 2.75) is 31.7 Å². The molecule has 1 aliphatic heterocycles. The first-order valence-corrected chi connectivity index (χ1v) is 8.18. The zero-order valence-electron chi connectivity index (χ0n) is 11.5. The molecule has 1 fully saturated rings. The van der Waals surface area contributed by atoms with Crippen molar-refractivity contribution in [2.24, 2.45) is 0 Å². The number of carboxylic acid groups (broad SMARTS) is 1. The number of rotatable bonds is 6. The number of piperidine rings is 1. The Labute approximate surface area is 118 Å². The van der Waals surface area contributed by atoms with Crippen LogP contribution in [0.5, 0.6) is 0 Å². The minimum absolute atomic E-state index is 0.00169. The smallest absolute Gasteiger partial charge is 0.317 e. The highest BCUT2D eigenvalue weighted by molar-refractivity contribution is 7.89. The first-order valence-electron chi connectivity index (χ1n) is 6.53. The molecule has 0 spiro atoms. The minimum Gasteiger partial charge on any atom is -0.481 e. The molecule has 1 rings (SSSR count). The third kappa shape index (κ3) is 5.33. The molecule has 1 atom stereocenters. The Morgan fingerprint density at radius 1 is 1.35 bits per heavy atom. The molecule has 0 saturated carbocycles. The van der Waals surface area contributed by atoms with E-state index >= 15 is 0 Å². The summed E-state index contributed by atoms with van der Waals surface area (Å²) in [5, 5.41) is 11.4. The summed E-state index contributed by atoms with van der Waals surface area (Å²) in [6, 6.07) is -0.718. The van der Waals surface area contributed by atoms with Gasteiger partial charge in [0.05, 0.1) is 12.2 Å². The molecular formula is C11H21N3O5S. The second-order valence-electron chi connectivity index (χ2n) is 4.70. The number of hydrogen-bond acceptors (Lipinski definition) is 4. The van der Waals surface area contributed by atoms with Gasteiger partial charge in [-0.3, -0.25) is 4.79 Å². The van der Waals surface area contributed by atoms with Gasteiger partial charge in [0.1, 0.15) is 0 Å². The van der Waals surface area contributed by atoms with Crippen molar-refractivity contribution in [2.75, 3.05) is 25.9 Å². The zero-order valence-corrected chi connectivity index (χ0v) is 12.3. The quantitative estimate of drug-likeness (QED) is 0.616. The standard InChI is InChI=1S/C11H21N3O5S/c1-12-20(18,19)7-5-13-11(17)14-6-3-2-4-9(14)8-10(15)16/h9,12H,2-8H2,1H3,(H,13,17)(H,15,16). The molecule has 3 N–H and O–H groups in total. The summed E-state index contributed by atoms with van der Waals surface area (Å²) in [7, 11) is -2.05. The van der Waals surface area contributed by atoms with Gasteiger partial charge in [0.15, 0.2) is 0 Å². The molecule has 0 radical (unpaired) electrons. The van der Waals surface area contributed by atoms with Crippen LogP contribution >= 0.6 is 0 Å². The molecule has 0 aromatic rings. The zero-order chi connectivity index (χ0) is 15.2. The second kappa shape index (κ2) is 7.44. The molecule has 1 unspecified atom stereocenters. The Kier molecular flexibility index (Phi) is 6.21.